The Morgan fingerprint density at radius 2 is 0.977 bits per heavy atom. The van der Waals surface area contributed by atoms with Crippen LogP contribution in [0.25, 0.3) is 0 Å². The van der Waals surface area contributed by atoms with E-state index >= 15 is 0 Å². The second-order valence-corrected chi connectivity index (χ2v) is 12.9. The molecular formula is C38H75N3O2. The largest absolute Gasteiger partial charge is 0.354 e. The van der Waals surface area contributed by atoms with Crippen molar-refractivity contribution in [3.63, 3.8) is 0 Å². The highest BCUT2D eigenvalue weighted by Crippen LogP contribution is 2.13. The monoisotopic (exact) mass is 606 g/mol. The SMILES string of the molecule is CCCCCCCCC=CCCCCCCCC(=O)NC(CCCN)C(=O)NCCCCCCCCCCCCCCC. The average Bonchev–Trinajstić information content (AvgIpc) is 3.01. The van der Waals surface area contributed by atoms with Gasteiger partial charge >= 0.3 is 0 Å². The molecule has 254 valence electrons. The van der Waals surface area contributed by atoms with Crippen molar-refractivity contribution in [3.05, 3.63) is 12.2 Å². The molecule has 0 fully saturated rings. The summed E-state index contributed by atoms with van der Waals surface area (Å²) in [5.41, 5.74) is 5.69. The zero-order chi connectivity index (χ0) is 31.5. The van der Waals surface area contributed by atoms with E-state index in [-0.39, 0.29) is 11.8 Å². The van der Waals surface area contributed by atoms with E-state index in [0.717, 1.165) is 32.1 Å². The van der Waals surface area contributed by atoms with Crippen molar-refractivity contribution in [3.8, 4) is 0 Å². The topological polar surface area (TPSA) is 84.2 Å². The highest BCUT2D eigenvalue weighted by molar-refractivity contribution is 5.87. The Balaban J connectivity index is 3.78. The molecular weight excluding hydrogens is 530 g/mol. The van der Waals surface area contributed by atoms with Crippen molar-refractivity contribution in [2.75, 3.05) is 13.1 Å². The first-order valence-corrected chi connectivity index (χ1v) is 19.1. The highest BCUT2D eigenvalue weighted by Gasteiger charge is 2.19. The maximum absolute atomic E-state index is 12.7. The molecule has 1 atom stereocenters. The maximum atomic E-state index is 12.7. The molecule has 1 unspecified atom stereocenters. The molecule has 0 saturated heterocycles. The number of allylic oxidation sites excluding steroid dienone is 2. The molecule has 4 N–H and O–H groups in total. The number of hydrogen-bond acceptors (Lipinski definition) is 3. The summed E-state index contributed by atoms with van der Waals surface area (Å²) in [6.45, 7) is 5.77. The summed E-state index contributed by atoms with van der Waals surface area (Å²) in [5, 5.41) is 6.04. The van der Waals surface area contributed by atoms with Gasteiger partial charge < -0.3 is 16.4 Å². The number of amides is 2. The number of rotatable bonds is 34. The fourth-order valence-electron chi connectivity index (χ4n) is 5.69. The van der Waals surface area contributed by atoms with Gasteiger partial charge in [-0.15, -0.1) is 0 Å². The molecule has 0 radical (unpaired) electrons. The Bertz CT molecular complexity index is 622. The molecule has 2 amide bonds. The fraction of sp³-hybridized carbons (Fsp3) is 0.895. The summed E-state index contributed by atoms with van der Waals surface area (Å²) in [6.07, 6.45) is 39.9. The average molecular weight is 606 g/mol. The van der Waals surface area contributed by atoms with Crippen LogP contribution in [0.3, 0.4) is 0 Å². The minimum atomic E-state index is -0.457. The van der Waals surface area contributed by atoms with Gasteiger partial charge in [0.25, 0.3) is 0 Å². The molecule has 0 rings (SSSR count). The van der Waals surface area contributed by atoms with Crippen LogP contribution in [0.15, 0.2) is 12.2 Å². The predicted octanol–water partition coefficient (Wildman–Crippen LogP) is 10.5. The second kappa shape index (κ2) is 35.1. The number of hydrogen-bond donors (Lipinski definition) is 3. The number of unbranched alkanes of at least 4 members (excludes halogenated alkanes) is 23. The molecule has 0 spiro atoms. The molecule has 0 saturated carbocycles. The minimum Gasteiger partial charge on any atom is -0.354 e. The number of carbonyl (C=O) groups is 2. The minimum absolute atomic E-state index is 0.00393. The van der Waals surface area contributed by atoms with Crippen molar-refractivity contribution >= 4 is 11.8 Å². The van der Waals surface area contributed by atoms with Gasteiger partial charge in [0.15, 0.2) is 0 Å². The van der Waals surface area contributed by atoms with Gasteiger partial charge in [0.1, 0.15) is 6.04 Å². The molecule has 5 nitrogen and oxygen atoms in total. The van der Waals surface area contributed by atoms with Gasteiger partial charge in [-0.25, -0.2) is 0 Å². The van der Waals surface area contributed by atoms with Crippen LogP contribution in [0.2, 0.25) is 0 Å². The van der Waals surface area contributed by atoms with Gasteiger partial charge in [0, 0.05) is 13.0 Å². The smallest absolute Gasteiger partial charge is 0.242 e. The van der Waals surface area contributed by atoms with Crippen LogP contribution in [0.1, 0.15) is 200 Å². The van der Waals surface area contributed by atoms with Gasteiger partial charge in [-0.1, -0.05) is 154 Å². The van der Waals surface area contributed by atoms with Crippen molar-refractivity contribution in [2.45, 2.75) is 206 Å². The molecule has 5 heteroatoms. The summed E-state index contributed by atoms with van der Waals surface area (Å²) >= 11 is 0. The highest BCUT2D eigenvalue weighted by atomic mass is 16.2. The van der Waals surface area contributed by atoms with Crippen LogP contribution in [0.5, 0.6) is 0 Å². The Hall–Kier alpha value is -1.36. The van der Waals surface area contributed by atoms with Gasteiger partial charge in [-0.2, -0.15) is 0 Å². The Kier molecular flexibility index (Phi) is 34.0. The Labute approximate surface area is 268 Å². The predicted molar refractivity (Wildman–Crippen MR) is 188 cm³/mol. The summed E-state index contributed by atoms with van der Waals surface area (Å²) in [4.78, 5) is 25.3. The van der Waals surface area contributed by atoms with Gasteiger partial charge in [0.05, 0.1) is 0 Å². The van der Waals surface area contributed by atoms with E-state index in [2.05, 4.69) is 36.6 Å². The summed E-state index contributed by atoms with van der Waals surface area (Å²) in [7, 11) is 0. The third kappa shape index (κ3) is 31.9. The van der Waals surface area contributed by atoms with Crippen LogP contribution in [-0.2, 0) is 9.59 Å². The first-order valence-electron chi connectivity index (χ1n) is 19.1. The number of carbonyl (C=O) groups excluding carboxylic acids is 2. The molecule has 0 heterocycles. The summed E-state index contributed by atoms with van der Waals surface area (Å²) < 4.78 is 0. The maximum Gasteiger partial charge on any atom is 0.242 e. The van der Waals surface area contributed by atoms with Crippen LogP contribution >= 0.6 is 0 Å². The van der Waals surface area contributed by atoms with Gasteiger partial charge in [-0.3, -0.25) is 9.59 Å². The van der Waals surface area contributed by atoms with Crippen molar-refractivity contribution < 1.29 is 9.59 Å². The molecule has 0 aliphatic heterocycles. The van der Waals surface area contributed by atoms with E-state index in [9.17, 15) is 9.59 Å². The van der Waals surface area contributed by atoms with Crippen LogP contribution in [-0.4, -0.2) is 30.9 Å². The van der Waals surface area contributed by atoms with Gasteiger partial charge in [-0.05, 0) is 57.9 Å². The molecule has 0 aromatic rings. The lowest BCUT2D eigenvalue weighted by atomic mass is 10.0. The first-order chi connectivity index (χ1) is 21.2. The van der Waals surface area contributed by atoms with Crippen LogP contribution in [0, 0.1) is 0 Å². The Morgan fingerprint density at radius 1 is 0.558 bits per heavy atom. The zero-order valence-electron chi connectivity index (χ0n) is 29.0. The molecule has 0 aromatic carbocycles. The molecule has 0 aliphatic carbocycles. The first kappa shape index (κ1) is 41.6. The van der Waals surface area contributed by atoms with E-state index in [1.54, 1.807) is 0 Å². The standard InChI is InChI=1S/C38H75N3O2/c1-3-5-7-9-11-13-15-17-18-19-21-23-25-27-29-33-37(42)41-36(32-31-34-39)38(43)40-35-30-28-26-24-22-20-16-14-12-10-8-6-4-2/h17-18,36H,3-16,19-35,39H2,1-2H3,(H,40,43)(H,41,42). The molecule has 43 heavy (non-hydrogen) atoms. The normalized spacial score (nSPS) is 12.2. The third-order valence-electron chi connectivity index (χ3n) is 8.59. The van der Waals surface area contributed by atoms with E-state index in [0.29, 0.717) is 25.9 Å². The number of nitrogens with one attached hydrogen (secondary N) is 2. The molecule has 0 aliphatic rings. The lowest BCUT2D eigenvalue weighted by Gasteiger charge is -2.18. The lowest BCUT2D eigenvalue weighted by Crippen LogP contribution is -2.47. The third-order valence-corrected chi connectivity index (χ3v) is 8.59. The van der Waals surface area contributed by atoms with Crippen molar-refractivity contribution in [1.82, 2.24) is 10.6 Å². The fourth-order valence-corrected chi connectivity index (χ4v) is 5.69. The van der Waals surface area contributed by atoms with Crippen molar-refractivity contribution in [2.24, 2.45) is 5.73 Å². The summed E-state index contributed by atoms with van der Waals surface area (Å²) in [5.74, 6) is -0.0546. The summed E-state index contributed by atoms with van der Waals surface area (Å²) in [6, 6.07) is -0.457. The number of nitrogens with two attached hydrogens (primary N) is 1. The van der Waals surface area contributed by atoms with E-state index in [1.165, 1.54) is 141 Å². The molecule has 0 bridgehead atoms. The van der Waals surface area contributed by atoms with Crippen molar-refractivity contribution in [1.29, 1.82) is 0 Å². The quantitative estimate of drug-likeness (QED) is 0.0504. The van der Waals surface area contributed by atoms with Gasteiger partial charge in [0.2, 0.25) is 11.8 Å². The van der Waals surface area contributed by atoms with E-state index < -0.39 is 6.04 Å². The lowest BCUT2D eigenvalue weighted by molar-refractivity contribution is -0.129. The van der Waals surface area contributed by atoms with E-state index in [1.807, 2.05) is 0 Å². The van der Waals surface area contributed by atoms with E-state index in [4.69, 9.17) is 5.73 Å². The Morgan fingerprint density at radius 3 is 1.44 bits per heavy atom. The van der Waals surface area contributed by atoms with Crippen LogP contribution in [0.4, 0.5) is 0 Å². The molecule has 0 aromatic heterocycles. The van der Waals surface area contributed by atoms with Crippen LogP contribution < -0.4 is 16.4 Å². The zero-order valence-corrected chi connectivity index (χ0v) is 29.0. The second-order valence-electron chi connectivity index (χ2n) is 12.9.